The van der Waals surface area contributed by atoms with Gasteiger partial charge in [-0.1, -0.05) is 189 Å². The molecule has 0 aromatic carbocycles. The van der Waals surface area contributed by atoms with Gasteiger partial charge in [-0.2, -0.15) is 0 Å². The van der Waals surface area contributed by atoms with Gasteiger partial charge in [-0.3, -0.25) is 9.69 Å². The van der Waals surface area contributed by atoms with Crippen molar-refractivity contribution in [3.8, 4) is 0 Å². The fraction of sp³-hybridized carbons (Fsp3) is 0.982. The number of nitrogens with zero attached hydrogens (tertiary/aromatic N) is 2. The monoisotopic (exact) mass is 922 g/mol. The fourth-order valence-electron chi connectivity index (χ4n) is 9.52. The highest BCUT2D eigenvalue weighted by Gasteiger charge is 2.25. The number of hydrogen-bond acceptors (Lipinski definition) is 7. The zero-order valence-electron chi connectivity index (χ0n) is 44.5. The second-order valence-corrected chi connectivity index (χ2v) is 20.4. The van der Waals surface area contributed by atoms with Crippen LogP contribution >= 0.6 is 0 Å². The molecule has 0 saturated heterocycles. The maximum absolute atomic E-state index is 13.9. The average Bonchev–Trinajstić information content (AvgIpc) is 3.29. The molecule has 1 fully saturated rings. The fourth-order valence-corrected chi connectivity index (χ4v) is 9.52. The SMILES string of the molecule is CCCCCCCCOC(CCCCCN(CCCCC(COCCCCCC)C(=O)NCC(CCCCCC)CCCCCC)CCN(CCO)C1CCC1)OCCCCCCCC. The van der Waals surface area contributed by atoms with E-state index in [-0.39, 0.29) is 24.7 Å². The Morgan fingerprint density at radius 3 is 1.52 bits per heavy atom. The summed E-state index contributed by atoms with van der Waals surface area (Å²) in [4.78, 5) is 19.1. The molecule has 1 rings (SSSR count). The van der Waals surface area contributed by atoms with Crippen LogP contribution in [0.3, 0.4) is 0 Å². The highest BCUT2D eigenvalue weighted by molar-refractivity contribution is 5.78. The van der Waals surface area contributed by atoms with Crippen LogP contribution in [0.4, 0.5) is 0 Å². The molecule has 0 radical (unpaired) electrons. The lowest BCUT2D eigenvalue weighted by atomic mass is 9.91. The molecule has 1 aliphatic carbocycles. The number of amides is 1. The minimum atomic E-state index is -0.0754. The molecule has 1 atom stereocenters. The van der Waals surface area contributed by atoms with E-state index in [1.165, 1.54) is 180 Å². The third-order valence-electron chi connectivity index (χ3n) is 14.3. The average molecular weight is 923 g/mol. The number of carbonyl (C=O) groups is 1. The van der Waals surface area contributed by atoms with Gasteiger partial charge in [-0.15, -0.1) is 0 Å². The van der Waals surface area contributed by atoms with E-state index in [1.807, 2.05) is 0 Å². The van der Waals surface area contributed by atoms with E-state index in [2.05, 4.69) is 49.7 Å². The Kier molecular flexibility index (Phi) is 46.2. The van der Waals surface area contributed by atoms with Crippen LogP contribution in [0.1, 0.15) is 266 Å². The summed E-state index contributed by atoms with van der Waals surface area (Å²) in [7, 11) is 0. The Hall–Kier alpha value is -0.770. The summed E-state index contributed by atoms with van der Waals surface area (Å²) in [5.74, 6) is 0.727. The third kappa shape index (κ3) is 37.8. The predicted molar refractivity (Wildman–Crippen MR) is 280 cm³/mol. The standard InChI is InChI=1S/C57H115N3O5/c1-6-11-16-21-23-33-49-64-56(65-50-34-24-22-17-12-7-2)41-28-25-30-42-59(44-45-60(46-47-61)55-39-35-40-55)43-31-29-38-54(52-63-48-32-20-15-10-5)57(62)58-51-53(36-26-18-13-8-3)37-27-19-14-9-4/h53-56,61H,6-52H2,1-5H3,(H,58,62). The normalized spacial score (nSPS) is 13.8. The van der Waals surface area contributed by atoms with E-state index < -0.39 is 0 Å². The topological polar surface area (TPSA) is 83.5 Å². The Labute approximate surface area is 406 Å². The van der Waals surface area contributed by atoms with Crippen molar-refractivity contribution in [3.63, 3.8) is 0 Å². The van der Waals surface area contributed by atoms with Gasteiger partial charge < -0.3 is 29.5 Å². The smallest absolute Gasteiger partial charge is 0.225 e. The van der Waals surface area contributed by atoms with Crippen LogP contribution in [-0.4, -0.2) is 105 Å². The molecule has 1 aliphatic rings. The lowest BCUT2D eigenvalue weighted by Crippen LogP contribution is -2.45. The number of aliphatic hydroxyl groups is 1. The largest absolute Gasteiger partial charge is 0.395 e. The van der Waals surface area contributed by atoms with Crippen molar-refractivity contribution in [3.05, 3.63) is 0 Å². The molecular weight excluding hydrogens is 807 g/mol. The van der Waals surface area contributed by atoms with Crippen LogP contribution in [-0.2, 0) is 19.0 Å². The van der Waals surface area contributed by atoms with Gasteiger partial charge in [-0.25, -0.2) is 0 Å². The van der Waals surface area contributed by atoms with Crippen molar-refractivity contribution < 1.29 is 24.1 Å². The number of nitrogens with one attached hydrogen (secondary N) is 1. The molecule has 388 valence electrons. The first kappa shape index (κ1) is 62.2. The number of rotatable bonds is 53. The van der Waals surface area contributed by atoms with Crippen molar-refractivity contribution >= 4 is 5.91 Å². The van der Waals surface area contributed by atoms with Crippen molar-refractivity contribution in [2.24, 2.45) is 11.8 Å². The second kappa shape index (κ2) is 48.3. The summed E-state index contributed by atoms with van der Waals surface area (Å²) in [6, 6.07) is 0.641. The summed E-state index contributed by atoms with van der Waals surface area (Å²) < 4.78 is 19.0. The maximum atomic E-state index is 13.9. The molecule has 1 unspecified atom stereocenters. The van der Waals surface area contributed by atoms with Gasteiger partial charge in [0.15, 0.2) is 6.29 Å². The summed E-state index contributed by atoms with van der Waals surface area (Å²) in [6.07, 6.45) is 44.3. The Balaban J connectivity index is 2.81. The van der Waals surface area contributed by atoms with E-state index in [4.69, 9.17) is 14.2 Å². The van der Waals surface area contributed by atoms with Gasteiger partial charge in [0.25, 0.3) is 0 Å². The Bertz CT molecular complexity index is 939. The molecule has 0 aromatic heterocycles. The first-order valence-corrected chi connectivity index (χ1v) is 29.2. The van der Waals surface area contributed by atoms with Crippen molar-refractivity contribution in [1.82, 2.24) is 15.1 Å². The van der Waals surface area contributed by atoms with Crippen molar-refractivity contribution in [2.45, 2.75) is 278 Å². The number of hydrogen-bond donors (Lipinski definition) is 2. The van der Waals surface area contributed by atoms with E-state index >= 15 is 0 Å². The van der Waals surface area contributed by atoms with Gasteiger partial charge >= 0.3 is 0 Å². The number of carbonyl (C=O) groups excluding carboxylic acids is 1. The highest BCUT2D eigenvalue weighted by Crippen LogP contribution is 2.25. The maximum Gasteiger partial charge on any atom is 0.225 e. The summed E-state index contributed by atoms with van der Waals surface area (Å²) in [5.41, 5.74) is 0. The molecule has 1 saturated carbocycles. The Morgan fingerprint density at radius 1 is 0.523 bits per heavy atom. The molecule has 0 aliphatic heterocycles. The van der Waals surface area contributed by atoms with Crippen LogP contribution in [0.2, 0.25) is 0 Å². The summed E-state index contributed by atoms with van der Waals surface area (Å²) >= 11 is 0. The van der Waals surface area contributed by atoms with Gasteiger partial charge in [0.2, 0.25) is 5.91 Å². The lowest BCUT2D eigenvalue weighted by Gasteiger charge is -2.38. The van der Waals surface area contributed by atoms with E-state index in [0.717, 1.165) is 110 Å². The molecule has 8 nitrogen and oxygen atoms in total. The molecule has 0 spiro atoms. The number of unbranched alkanes of at least 4 members (excludes halogenated alkanes) is 22. The first-order chi connectivity index (χ1) is 32.0. The van der Waals surface area contributed by atoms with Gasteiger partial charge in [0, 0.05) is 52.0 Å². The summed E-state index contributed by atoms with van der Waals surface area (Å²) in [6.45, 7) is 20.4. The molecule has 2 N–H and O–H groups in total. The predicted octanol–water partition coefficient (Wildman–Crippen LogP) is 14.8. The highest BCUT2D eigenvalue weighted by atomic mass is 16.7. The molecule has 0 heterocycles. The third-order valence-corrected chi connectivity index (χ3v) is 14.3. The van der Waals surface area contributed by atoms with Gasteiger partial charge in [0.1, 0.15) is 0 Å². The quantitative estimate of drug-likeness (QED) is 0.0464. The molecule has 65 heavy (non-hydrogen) atoms. The first-order valence-electron chi connectivity index (χ1n) is 29.2. The number of ether oxygens (including phenoxy) is 3. The molecule has 1 amide bonds. The Morgan fingerprint density at radius 2 is 0.985 bits per heavy atom. The van der Waals surface area contributed by atoms with Crippen molar-refractivity contribution in [1.29, 1.82) is 0 Å². The molecule has 0 aromatic rings. The van der Waals surface area contributed by atoms with E-state index in [9.17, 15) is 9.90 Å². The van der Waals surface area contributed by atoms with Crippen LogP contribution in [0.15, 0.2) is 0 Å². The van der Waals surface area contributed by atoms with Crippen LogP contribution < -0.4 is 5.32 Å². The molecule has 0 bridgehead atoms. The second-order valence-electron chi connectivity index (χ2n) is 20.4. The van der Waals surface area contributed by atoms with Crippen LogP contribution in [0.5, 0.6) is 0 Å². The van der Waals surface area contributed by atoms with Crippen molar-refractivity contribution in [2.75, 3.05) is 72.3 Å². The summed E-state index contributed by atoms with van der Waals surface area (Å²) in [5, 5.41) is 13.4. The zero-order chi connectivity index (χ0) is 47.1. The van der Waals surface area contributed by atoms with Gasteiger partial charge in [0.05, 0.1) is 19.1 Å². The van der Waals surface area contributed by atoms with Crippen LogP contribution in [0, 0.1) is 11.8 Å². The molecular formula is C57H115N3O5. The minimum absolute atomic E-state index is 0.0696. The van der Waals surface area contributed by atoms with Gasteiger partial charge in [-0.05, 0) is 96.1 Å². The molecule has 8 heteroatoms. The zero-order valence-corrected chi connectivity index (χ0v) is 44.5. The van der Waals surface area contributed by atoms with Crippen LogP contribution in [0.25, 0.3) is 0 Å². The number of aliphatic hydroxyl groups excluding tert-OH is 1. The van der Waals surface area contributed by atoms with E-state index in [1.54, 1.807) is 0 Å². The minimum Gasteiger partial charge on any atom is -0.395 e. The lowest BCUT2D eigenvalue weighted by molar-refractivity contribution is -0.148. The van der Waals surface area contributed by atoms with E-state index in [0.29, 0.717) is 18.6 Å².